The van der Waals surface area contributed by atoms with Crippen molar-refractivity contribution in [3.05, 3.63) is 29.3 Å². The first-order chi connectivity index (χ1) is 14.1. The van der Waals surface area contributed by atoms with E-state index in [4.69, 9.17) is 24.1 Å². The summed E-state index contributed by atoms with van der Waals surface area (Å²) in [5, 5.41) is 8.87. The molecule has 1 rings (SSSR count). The summed E-state index contributed by atoms with van der Waals surface area (Å²) in [6.07, 6.45) is 1.83. The predicted octanol–water partition coefficient (Wildman–Crippen LogP) is 3.64. The largest absolute Gasteiger partial charge is 0.485 e. The Labute approximate surface area is 179 Å². The fraction of sp³-hybridized carbons (Fsp3) is 0.714. The van der Waals surface area contributed by atoms with Gasteiger partial charge in [0.15, 0.2) is 25.7 Å². The van der Waals surface area contributed by atoms with Gasteiger partial charge in [0, 0.05) is 6.61 Å². The molecule has 0 atom stereocenters. The first-order valence-corrected chi connectivity index (χ1v) is 13.2. The normalized spacial score (nSPS) is 12.4. The Balaban J connectivity index is 1.99. The van der Waals surface area contributed by atoms with Crippen molar-refractivity contribution >= 4 is 8.32 Å². The molecule has 0 unspecified atom stereocenters. The molecule has 0 heterocycles. The highest BCUT2D eigenvalue weighted by molar-refractivity contribution is 6.72. The SMILES string of the molecule is CC(C)(CCCOCCOCCOCCOc1c(F)cc(CO)cc1F)[Si](C)(C)O. The highest BCUT2D eigenvalue weighted by atomic mass is 28.4. The molecule has 0 aliphatic carbocycles. The minimum absolute atomic E-state index is 0.000720. The molecule has 2 N–H and O–H groups in total. The molecule has 0 saturated carbocycles. The lowest BCUT2D eigenvalue weighted by molar-refractivity contribution is 0.00817. The van der Waals surface area contributed by atoms with Gasteiger partial charge in [0.05, 0.1) is 39.6 Å². The van der Waals surface area contributed by atoms with Gasteiger partial charge in [-0.05, 0) is 48.7 Å². The Hall–Kier alpha value is -1.10. The molecule has 1 aromatic carbocycles. The molecule has 0 radical (unpaired) electrons. The number of ether oxygens (including phenoxy) is 4. The van der Waals surface area contributed by atoms with Crippen molar-refractivity contribution in [1.82, 2.24) is 0 Å². The Morgan fingerprint density at radius 2 is 1.33 bits per heavy atom. The van der Waals surface area contributed by atoms with Gasteiger partial charge in [0.25, 0.3) is 0 Å². The highest BCUT2D eigenvalue weighted by Crippen LogP contribution is 2.39. The van der Waals surface area contributed by atoms with Gasteiger partial charge in [-0.25, -0.2) is 8.78 Å². The molecule has 1 aromatic rings. The Morgan fingerprint density at radius 1 is 0.867 bits per heavy atom. The first-order valence-electron chi connectivity index (χ1n) is 10.3. The van der Waals surface area contributed by atoms with Crippen molar-refractivity contribution in [1.29, 1.82) is 0 Å². The Morgan fingerprint density at radius 3 is 1.80 bits per heavy atom. The zero-order valence-electron chi connectivity index (χ0n) is 18.5. The number of hydrogen-bond donors (Lipinski definition) is 2. The number of rotatable bonds is 16. The van der Waals surface area contributed by atoms with Crippen molar-refractivity contribution < 1.29 is 37.6 Å². The van der Waals surface area contributed by atoms with Crippen LogP contribution in [0.15, 0.2) is 12.1 Å². The monoisotopic (exact) mass is 450 g/mol. The van der Waals surface area contributed by atoms with Crippen molar-refractivity contribution in [2.45, 2.75) is 51.4 Å². The van der Waals surface area contributed by atoms with Gasteiger partial charge < -0.3 is 28.8 Å². The quantitative estimate of drug-likeness (QED) is 0.296. The molecular weight excluding hydrogens is 414 g/mol. The molecule has 30 heavy (non-hydrogen) atoms. The van der Waals surface area contributed by atoms with Crippen LogP contribution < -0.4 is 4.74 Å². The molecule has 9 heteroatoms. The van der Waals surface area contributed by atoms with Crippen LogP contribution in [0.5, 0.6) is 5.75 Å². The van der Waals surface area contributed by atoms with Crippen LogP contribution in [0.2, 0.25) is 18.1 Å². The summed E-state index contributed by atoms with van der Waals surface area (Å²) >= 11 is 0. The first kappa shape index (κ1) is 26.9. The smallest absolute Gasteiger partial charge is 0.190 e. The minimum atomic E-state index is -2.16. The maximum Gasteiger partial charge on any atom is 0.190 e. The molecule has 0 aliphatic rings. The molecule has 0 saturated heterocycles. The Kier molecular flexibility index (Phi) is 12.0. The Bertz CT molecular complexity index is 599. The third-order valence-electron chi connectivity index (χ3n) is 5.21. The van der Waals surface area contributed by atoms with Gasteiger partial charge in [0.2, 0.25) is 0 Å². The average Bonchev–Trinajstić information content (AvgIpc) is 2.65. The number of halogens is 2. The van der Waals surface area contributed by atoms with Crippen LogP contribution in [-0.4, -0.2) is 64.5 Å². The van der Waals surface area contributed by atoms with Crippen LogP contribution in [0.4, 0.5) is 8.78 Å². The molecule has 0 spiro atoms. The molecule has 6 nitrogen and oxygen atoms in total. The topological polar surface area (TPSA) is 77.4 Å². The van der Waals surface area contributed by atoms with Crippen molar-refractivity contribution in [2.24, 2.45) is 0 Å². The van der Waals surface area contributed by atoms with E-state index < -0.39 is 32.3 Å². The molecule has 0 bridgehead atoms. The number of aliphatic hydroxyl groups is 1. The molecule has 174 valence electrons. The van der Waals surface area contributed by atoms with Gasteiger partial charge in [-0.3, -0.25) is 0 Å². The summed E-state index contributed by atoms with van der Waals surface area (Å²) in [5.74, 6) is -2.18. The summed E-state index contributed by atoms with van der Waals surface area (Å²) < 4.78 is 48.6. The summed E-state index contributed by atoms with van der Waals surface area (Å²) in [6, 6.07) is 2.07. The minimum Gasteiger partial charge on any atom is -0.485 e. The maximum atomic E-state index is 13.7. The second-order valence-corrected chi connectivity index (χ2v) is 12.8. The number of benzene rings is 1. The predicted molar refractivity (Wildman–Crippen MR) is 113 cm³/mol. The fourth-order valence-electron chi connectivity index (χ4n) is 2.51. The zero-order valence-corrected chi connectivity index (χ0v) is 19.5. The molecule has 0 amide bonds. The lowest BCUT2D eigenvalue weighted by Gasteiger charge is -2.35. The van der Waals surface area contributed by atoms with Crippen LogP contribution in [0.3, 0.4) is 0 Å². The van der Waals surface area contributed by atoms with E-state index in [-0.39, 0.29) is 23.8 Å². The van der Waals surface area contributed by atoms with E-state index in [1.165, 1.54) is 0 Å². The van der Waals surface area contributed by atoms with Gasteiger partial charge in [-0.15, -0.1) is 0 Å². The van der Waals surface area contributed by atoms with Gasteiger partial charge in [0.1, 0.15) is 6.61 Å². The van der Waals surface area contributed by atoms with E-state index >= 15 is 0 Å². The third kappa shape index (κ3) is 9.80. The standard InChI is InChI=1S/C21H36F2O6Si/c1-21(2,30(3,4)25)6-5-7-26-8-9-27-10-11-28-12-13-29-20-18(22)14-17(16-24)15-19(20)23/h14-15,24-25H,5-13,16H2,1-4H3. The van der Waals surface area contributed by atoms with Crippen LogP contribution in [-0.2, 0) is 20.8 Å². The van der Waals surface area contributed by atoms with Crippen LogP contribution in [0.25, 0.3) is 0 Å². The summed E-state index contributed by atoms with van der Waals surface area (Å²) in [7, 11) is -2.16. The van der Waals surface area contributed by atoms with Crippen molar-refractivity contribution in [3.8, 4) is 5.75 Å². The zero-order chi connectivity index (χ0) is 22.6. The number of aliphatic hydroxyl groups excluding tert-OH is 1. The van der Waals surface area contributed by atoms with E-state index in [1.54, 1.807) is 0 Å². The third-order valence-corrected chi connectivity index (χ3v) is 8.77. The van der Waals surface area contributed by atoms with E-state index in [1.807, 2.05) is 13.1 Å². The molecule has 0 fully saturated rings. The summed E-state index contributed by atoms with van der Waals surface area (Å²) in [5.41, 5.74) is 0.148. The van der Waals surface area contributed by atoms with Crippen LogP contribution >= 0.6 is 0 Å². The second kappa shape index (κ2) is 13.3. The van der Waals surface area contributed by atoms with Crippen LogP contribution in [0.1, 0.15) is 32.3 Å². The molecule has 0 aliphatic heterocycles. The second-order valence-electron chi connectivity index (χ2n) is 8.28. The van der Waals surface area contributed by atoms with Crippen molar-refractivity contribution in [3.63, 3.8) is 0 Å². The van der Waals surface area contributed by atoms with Crippen LogP contribution in [0, 0.1) is 11.6 Å². The van der Waals surface area contributed by atoms with Gasteiger partial charge in [-0.2, -0.15) is 0 Å². The maximum absolute atomic E-state index is 13.7. The molecule has 0 aromatic heterocycles. The summed E-state index contributed by atoms with van der Waals surface area (Å²) in [6.45, 7) is 10.2. The number of hydrogen-bond acceptors (Lipinski definition) is 6. The van der Waals surface area contributed by atoms with Gasteiger partial charge >= 0.3 is 0 Å². The van der Waals surface area contributed by atoms with E-state index in [0.717, 1.165) is 25.0 Å². The summed E-state index contributed by atoms with van der Waals surface area (Å²) in [4.78, 5) is 10.2. The van der Waals surface area contributed by atoms with E-state index in [0.29, 0.717) is 33.0 Å². The molecular formula is C21H36F2O6Si. The average molecular weight is 451 g/mol. The van der Waals surface area contributed by atoms with E-state index in [2.05, 4.69) is 13.8 Å². The fourth-order valence-corrected chi connectivity index (χ4v) is 3.30. The van der Waals surface area contributed by atoms with E-state index in [9.17, 15) is 13.6 Å². The van der Waals surface area contributed by atoms with Gasteiger partial charge in [-0.1, -0.05) is 13.8 Å². The van der Waals surface area contributed by atoms with Crippen molar-refractivity contribution in [2.75, 3.05) is 46.2 Å². The lowest BCUT2D eigenvalue weighted by atomic mass is 10.1. The lowest BCUT2D eigenvalue weighted by Crippen LogP contribution is -2.39. The highest BCUT2D eigenvalue weighted by Gasteiger charge is 2.37.